The highest BCUT2D eigenvalue weighted by molar-refractivity contribution is 8.26. The van der Waals surface area contributed by atoms with E-state index in [1.807, 2.05) is 54.6 Å². The number of benzene rings is 3. The Bertz CT molecular complexity index is 1230. The molecule has 0 radical (unpaired) electrons. The van der Waals surface area contributed by atoms with Crippen LogP contribution in [0.1, 0.15) is 16.7 Å². The van der Waals surface area contributed by atoms with Gasteiger partial charge in [0, 0.05) is 10.6 Å². The van der Waals surface area contributed by atoms with Crippen LogP contribution >= 0.6 is 47.2 Å². The molecule has 0 saturated carbocycles. The molecule has 4 nitrogen and oxygen atoms in total. The summed E-state index contributed by atoms with van der Waals surface area (Å²) < 4.78 is 11.9. The smallest absolute Gasteiger partial charge is 0.266 e. The number of thiocarbonyl (C=S) groups is 1. The highest BCUT2D eigenvalue weighted by Gasteiger charge is 2.32. The van der Waals surface area contributed by atoms with Gasteiger partial charge in [-0.3, -0.25) is 9.69 Å². The van der Waals surface area contributed by atoms with Gasteiger partial charge in [-0.25, -0.2) is 0 Å². The molecule has 0 spiro atoms. The maximum absolute atomic E-state index is 13.0. The lowest BCUT2D eigenvalue weighted by Crippen LogP contribution is -2.27. The maximum Gasteiger partial charge on any atom is 0.266 e. The Labute approximate surface area is 212 Å². The second-order valence-corrected chi connectivity index (χ2v) is 9.71. The second-order valence-electron chi connectivity index (χ2n) is 7.19. The van der Waals surface area contributed by atoms with Crippen molar-refractivity contribution in [2.24, 2.45) is 0 Å². The first-order chi connectivity index (χ1) is 15.9. The first-order valence-corrected chi connectivity index (χ1v) is 12.0. The maximum atomic E-state index is 13.0. The van der Waals surface area contributed by atoms with Gasteiger partial charge in [-0.05, 0) is 47.5 Å². The Morgan fingerprint density at radius 1 is 1.03 bits per heavy atom. The fourth-order valence-corrected chi connectivity index (χ4v) is 5.02. The Morgan fingerprint density at radius 3 is 2.52 bits per heavy atom. The normalized spacial score (nSPS) is 14.8. The quantitative estimate of drug-likeness (QED) is 0.250. The molecule has 3 aromatic rings. The average Bonchev–Trinajstić information content (AvgIpc) is 3.06. The lowest BCUT2D eigenvalue weighted by molar-refractivity contribution is -0.122. The summed E-state index contributed by atoms with van der Waals surface area (Å²) in [5.41, 5.74) is 2.69. The third-order valence-corrected chi connectivity index (χ3v) is 6.84. The minimum Gasteiger partial charge on any atom is -0.496 e. The van der Waals surface area contributed by atoms with E-state index in [1.54, 1.807) is 30.2 Å². The Balaban J connectivity index is 1.53. The molecular formula is C25H19Cl2NO3S2. The van der Waals surface area contributed by atoms with Crippen molar-refractivity contribution in [2.75, 3.05) is 7.11 Å². The number of rotatable bonds is 7. The number of halogens is 2. The summed E-state index contributed by atoms with van der Waals surface area (Å²) in [6, 6.07) is 20.5. The van der Waals surface area contributed by atoms with E-state index in [2.05, 4.69) is 0 Å². The number of hydrogen-bond acceptors (Lipinski definition) is 5. The lowest BCUT2D eigenvalue weighted by Gasteiger charge is -2.14. The molecule has 0 unspecified atom stereocenters. The molecule has 0 atom stereocenters. The fraction of sp³-hybridized carbons (Fsp3) is 0.120. The standard InChI is InChI=1S/C25H19Cl2NO3S2/c1-30-21-9-7-17(11-18(21)15-31-22-10-8-19(26)13-20(22)27)12-23-24(29)28(25(32)33-23)14-16-5-3-2-4-6-16/h2-13H,14-15H2,1H3. The second kappa shape index (κ2) is 10.6. The molecule has 8 heteroatoms. The predicted octanol–water partition coefficient (Wildman–Crippen LogP) is 6.98. The highest BCUT2D eigenvalue weighted by atomic mass is 35.5. The molecule has 1 aliphatic rings. The molecule has 4 rings (SSSR count). The molecule has 1 aliphatic heterocycles. The van der Waals surface area contributed by atoms with Crippen molar-refractivity contribution in [2.45, 2.75) is 13.2 Å². The van der Waals surface area contributed by atoms with Gasteiger partial charge in [-0.15, -0.1) is 0 Å². The average molecular weight is 516 g/mol. The van der Waals surface area contributed by atoms with Crippen molar-refractivity contribution < 1.29 is 14.3 Å². The predicted molar refractivity (Wildman–Crippen MR) is 139 cm³/mol. The highest BCUT2D eigenvalue weighted by Crippen LogP contribution is 2.35. The number of amides is 1. The number of carbonyl (C=O) groups is 1. The van der Waals surface area contributed by atoms with E-state index in [9.17, 15) is 4.79 Å². The summed E-state index contributed by atoms with van der Waals surface area (Å²) in [6.45, 7) is 0.688. The Hall–Kier alpha value is -2.51. The Kier molecular flexibility index (Phi) is 7.60. The number of thioether (sulfide) groups is 1. The van der Waals surface area contributed by atoms with Crippen molar-refractivity contribution in [3.63, 3.8) is 0 Å². The summed E-state index contributed by atoms with van der Waals surface area (Å²) >= 11 is 18.9. The van der Waals surface area contributed by atoms with E-state index in [4.69, 9.17) is 44.9 Å². The zero-order chi connectivity index (χ0) is 23.4. The van der Waals surface area contributed by atoms with Gasteiger partial charge in [0.2, 0.25) is 0 Å². The molecule has 1 saturated heterocycles. The molecule has 168 valence electrons. The van der Waals surface area contributed by atoms with E-state index in [-0.39, 0.29) is 12.5 Å². The van der Waals surface area contributed by atoms with Gasteiger partial charge in [0.05, 0.1) is 23.6 Å². The first kappa shape index (κ1) is 23.6. The number of carbonyl (C=O) groups excluding carboxylic acids is 1. The zero-order valence-electron chi connectivity index (χ0n) is 17.6. The van der Waals surface area contributed by atoms with Crippen molar-refractivity contribution in [1.29, 1.82) is 0 Å². The van der Waals surface area contributed by atoms with Gasteiger partial charge < -0.3 is 9.47 Å². The van der Waals surface area contributed by atoms with Crippen LogP contribution in [0.15, 0.2) is 71.6 Å². The molecule has 3 aromatic carbocycles. The van der Waals surface area contributed by atoms with Crippen LogP contribution < -0.4 is 9.47 Å². The molecule has 0 aliphatic carbocycles. The van der Waals surface area contributed by atoms with Crippen LogP contribution in [0, 0.1) is 0 Å². The topological polar surface area (TPSA) is 38.8 Å². The first-order valence-electron chi connectivity index (χ1n) is 9.98. The van der Waals surface area contributed by atoms with E-state index in [0.29, 0.717) is 37.3 Å². The molecule has 33 heavy (non-hydrogen) atoms. The largest absolute Gasteiger partial charge is 0.496 e. The van der Waals surface area contributed by atoms with Crippen LogP contribution in [0.25, 0.3) is 6.08 Å². The van der Waals surface area contributed by atoms with E-state index >= 15 is 0 Å². The van der Waals surface area contributed by atoms with Crippen LogP contribution in [0.2, 0.25) is 10.0 Å². The minimum absolute atomic E-state index is 0.101. The summed E-state index contributed by atoms with van der Waals surface area (Å²) in [5, 5.41) is 0.969. The zero-order valence-corrected chi connectivity index (χ0v) is 20.7. The van der Waals surface area contributed by atoms with Crippen LogP contribution in [0.4, 0.5) is 0 Å². The van der Waals surface area contributed by atoms with Crippen molar-refractivity contribution >= 4 is 63.5 Å². The van der Waals surface area contributed by atoms with Crippen molar-refractivity contribution in [3.05, 3.63) is 98.4 Å². The van der Waals surface area contributed by atoms with E-state index in [1.165, 1.54) is 11.8 Å². The molecule has 0 N–H and O–H groups in total. The molecule has 1 heterocycles. The van der Waals surface area contributed by atoms with Crippen LogP contribution in [-0.4, -0.2) is 22.2 Å². The third kappa shape index (κ3) is 5.71. The van der Waals surface area contributed by atoms with Gasteiger partial charge >= 0.3 is 0 Å². The molecule has 0 bridgehead atoms. The monoisotopic (exact) mass is 515 g/mol. The van der Waals surface area contributed by atoms with Crippen molar-refractivity contribution in [1.82, 2.24) is 4.90 Å². The lowest BCUT2D eigenvalue weighted by atomic mass is 10.1. The van der Waals surface area contributed by atoms with E-state index in [0.717, 1.165) is 16.7 Å². The van der Waals surface area contributed by atoms with Gasteiger partial charge in [0.1, 0.15) is 22.4 Å². The molecule has 0 aromatic heterocycles. The number of hydrogen-bond donors (Lipinski definition) is 0. The summed E-state index contributed by atoms with van der Waals surface area (Å²) in [7, 11) is 1.60. The van der Waals surface area contributed by atoms with Gasteiger partial charge in [-0.2, -0.15) is 0 Å². The van der Waals surface area contributed by atoms with Gasteiger partial charge in [0.15, 0.2) is 0 Å². The van der Waals surface area contributed by atoms with Crippen LogP contribution in [-0.2, 0) is 17.9 Å². The van der Waals surface area contributed by atoms with Gasteiger partial charge in [0.25, 0.3) is 5.91 Å². The number of ether oxygens (including phenoxy) is 2. The van der Waals surface area contributed by atoms with E-state index < -0.39 is 0 Å². The van der Waals surface area contributed by atoms with Gasteiger partial charge in [-0.1, -0.05) is 83.6 Å². The SMILES string of the molecule is COc1ccc(C=C2SC(=S)N(Cc3ccccc3)C2=O)cc1COc1ccc(Cl)cc1Cl. The molecular weight excluding hydrogens is 497 g/mol. The van der Waals surface area contributed by atoms with Crippen LogP contribution in [0.5, 0.6) is 11.5 Å². The number of methoxy groups -OCH3 is 1. The fourth-order valence-electron chi connectivity index (χ4n) is 3.30. The van der Waals surface area contributed by atoms with Crippen LogP contribution in [0.3, 0.4) is 0 Å². The van der Waals surface area contributed by atoms with Crippen molar-refractivity contribution in [3.8, 4) is 11.5 Å². The minimum atomic E-state index is -0.101. The third-order valence-electron chi connectivity index (χ3n) is 4.94. The summed E-state index contributed by atoms with van der Waals surface area (Å²) in [4.78, 5) is 15.2. The molecule has 1 fully saturated rings. The summed E-state index contributed by atoms with van der Waals surface area (Å²) in [6.07, 6.45) is 1.84. The summed E-state index contributed by atoms with van der Waals surface area (Å²) in [5.74, 6) is 1.10. The molecule has 1 amide bonds. The Morgan fingerprint density at radius 2 is 1.79 bits per heavy atom. The number of nitrogens with zero attached hydrogens (tertiary/aromatic N) is 1.